The Morgan fingerprint density at radius 2 is 2.00 bits per heavy atom. The average Bonchev–Trinajstić information content (AvgIpc) is 3.17. The first-order valence-electron chi connectivity index (χ1n) is 10.1. The summed E-state index contributed by atoms with van der Waals surface area (Å²) in [4.78, 5) is 20.6. The van der Waals surface area contributed by atoms with Gasteiger partial charge in [0, 0.05) is 40.8 Å². The Bertz CT molecular complexity index is 654. The Balaban J connectivity index is 0.00000420. The number of methoxy groups -OCH3 is 1. The van der Waals surface area contributed by atoms with E-state index in [0.717, 1.165) is 63.6 Å². The van der Waals surface area contributed by atoms with Gasteiger partial charge >= 0.3 is 0 Å². The summed E-state index contributed by atoms with van der Waals surface area (Å²) in [5, 5.41) is 6.71. The molecule has 0 spiro atoms. The van der Waals surface area contributed by atoms with Crippen molar-refractivity contribution in [3.8, 4) is 5.75 Å². The molecule has 0 aliphatic carbocycles. The number of benzene rings is 1. The van der Waals surface area contributed by atoms with E-state index in [1.807, 2.05) is 32.3 Å². The summed E-state index contributed by atoms with van der Waals surface area (Å²) in [5.41, 5.74) is 1.18. The lowest BCUT2D eigenvalue weighted by Gasteiger charge is -2.26. The zero-order valence-electron chi connectivity index (χ0n) is 18.1. The van der Waals surface area contributed by atoms with Gasteiger partial charge in [0.2, 0.25) is 5.91 Å². The minimum absolute atomic E-state index is 0. The molecule has 1 fully saturated rings. The molecule has 0 aromatic heterocycles. The van der Waals surface area contributed by atoms with Crippen molar-refractivity contribution in [1.82, 2.24) is 20.4 Å². The number of aliphatic imine (C=N–C) groups is 1. The number of ether oxygens (including phenoxy) is 1. The van der Waals surface area contributed by atoms with Gasteiger partial charge < -0.3 is 20.3 Å². The molecular weight excluding hydrogens is 481 g/mol. The van der Waals surface area contributed by atoms with Gasteiger partial charge in [0.25, 0.3) is 0 Å². The van der Waals surface area contributed by atoms with Crippen LogP contribution in [-0.4, -0.2) is 82.1 Å². The fourth-order valence-electron chi connectivity index (χ4n) is 3.61. The van der Waals surface area contributed by atoms with Crippen molar-refractivity contribution < 1.29 is 9.53 Å². The third-order valence-electron chi connectivity index (χ3n) is 5.11. The van der Waals surface area contributed by atoms with Gasteiger partial charge in [-0.15, -0.1) is 24.0 Å². The third-order valence-corrected chi connectivity index (χ3v) is 5.11. The zero-order chi connectivity index (χ0) is 20.4. The van der Waals surface area contributed by atoms with Crippen LogP contribution in [0.25, 0.3) is 0 Å². The smallest absolute Gasteiger partial charge is 0.239 e. The Kier molecular flexibility index (Phi) is 12.0. The number of halogens is 1. The number of hydrogen-bond donors (Lipinski definition) is 2. The maximum atomic E-state index is 12.3. The first-order chi connectivity index (χ1) is 13.6. The highest BCUT2D eigenvalue weighted by atomic mass is 127. The third kappa shape index (κ3) is 8.00. The van der Waals surface area contributed by atoms with Gasteiger partial charge in [0.05, 0.1) is 13.2 Å². The van der Waals surface area contributed by atoms with Crippen molar-refractivity contribution >= 4 is 35.8 Å². The molecule has 164 valence electrons. The zero-order valence-corrected chi connectivity index (χ0v) is 20.4. The van der Waals surface area contributed by atoms with Crippen LogP contribution in [-0.2, 0) is 11.2 Å². The highest BCUT2D eigenvalue weighted by Crippen LogP contribution is 2.19. The molecular formula is C21H36IN5O2. The average molecular weight is 517 g/mol. The molecule has 1 amide bonds. The summed E-state index contributed by atoms with van der Waals surface area (Å²) in [6.07, 6.45) is 3.91. The largest absolute Gasteiger partial charge is 0.496 e. The number of nitrogens with zero attached hydrogens (tertiary/aromatic N) is 3. The van der Waals surface area contributed by atoms with Gasteiger partial charge in [-0.2, -0.15) is 0 Å². The molecule has 1 heterocycles. The molecule has 1 saturated heterocycles. The molecule has 1 aliphatic rings. The van der Waals surface area contributed by atoms with E-state index < -0.39 is 0 Å². The first-order valence-corrected chi connectivity index (χ1v) is 10.1. The Labute approximate surface area is 192 Å². The number of likely N-dealkylation sites (tertiary alicyclic amines) is 1. The molecule has 0 radical (unpaired) electrons. The second-order valence-corrected chi connectivity index (χ2v) is 7.27. The predicted octanol–water partition coefficient (Wildman–Crippen LogP) is 1.96. The molecule has 1 atom stereocenters. The Hall–Kier alpha value is -1.55. The van der Waals surface area contributed by atoms with Gasteiger partial charge in [-0.05, 0) is 43.9 Å². The topological polar surface area (TPSA) is 69.2 Å². The number of hydrogen-bond acceptors (Lipinski definition) is 4. The highest BCUT2D eigenvalue weighted by Gasteiger charge is 2.30. The molecule has 0 bridgehead atoms. The van der Waals surface area contributed by atoms with Gasteiger partial charge in [-0.1, -0.05) is 18.2 Å². The molecule has 2 N–H and O–H groups in total. The number of amides is 1. The van der Waals surface area contributed by atoms with E-state index in [1.165, 1.54) is 5.56 Å². The molecule has 8 heteroatoms. The summed E-state index contributed by atoms with van der Waals surface area (Å²) in [6, 6.07) is 8.12. The normalized spacial score (nSPS) is 16.8. The summed E-state index contributed by atoms with van der Waals surface area (Å²) < 4.78 is 5.39. The summed E-state index contributed by atoms with van der Waals surface area (Å²) in [6.45, 7) is 3.55. The fraction of sp³-hybridized carbons (Fsp3) is 0.619. The molecule has 1 aromatic carbocycles. The van der Waals surface area contributed by atoms with Gasteiger partial charge in [0.15, 0.2) is 5.96 Å². The molecule has 1 unspecified atom stereocenters. The standard InChI is InChI=1S/C21H35N5O2.HI/c1-22-21(24-14-12-17-9-5-6-11-19(17)28-4)23-13-8-16-26-15-7-10-18(26)20(27)25(2)3;/h5-6,9,11,18H,7-8,10,12-16H2,1-4H3,(H2,22,23,24);1H. The molecule has 1 aromatic rings. The minimum Gasteiger partial charge on any atom is -0.496 e. The maximum Gasteiger partial charge on any atom is 0.239 e. The van der Waals surface area contributed by atoms with Crippen LogP contribution in [0.3, 0.4) is 0 Å². The highest BCUT2D eigenvalue weighted by molar-refractivity contribution is 14.0. The second-order valence-electron chi connectivity index (χ2n) is 7.27. The van der Waals surface area contributed by atoms with Crippen LogP contribution in [0, 0.1) is 0 Å². The van der Waals surface area contributed by atoms with E-state index in [1.54, 1.807) is 19.1 Å². The monoisotopic (exact) mass is 517 g/mol. The lowest BCUT2D eigenvalue weighted by atomic mass is 10.1. The summed E-state index contributed by atoms with van der Waals surface area (Å²) in [5.74, 6) is 1.94. The van der Waals surface area contributed by atoms with E-state index in [4.69, 9.17) is 4.74 Å². The van der Waals surface area contributed by atoms with Crippen molar-refractivity contribution in [3.63, 3.8) is 0 Å². The van der Waals surface area contributed by atoms with E-state index >= 15 is 0 Å². The van der Waals surface area contributed by atoms with Crippen molar-refractivity contribution in [2.75, 3.05) is 54.4 Å². The summed E-state index contributed by atoms with van der Waals surface area (Å²) in [7, 11) is 7.15. The van der Waals surface area contributed by atoms with Crippen LogP contribution in [0.4, 0.5) is 0 Å². The quantitative estimate of drug-likeness (QED) is 0.227. The van der Waals surface area contributed by atoms with Crippen molar-refractivity contribution in [3.05, 3.63) is 29.8 Å². The number of carbonyl (C=O) groups excluding carboxylic acids is 1. The van der Waals surface area contributed by atoms with Crippen LogP contribution < -0.4 is 15.4 Å². The van der Waals surface area contributed by atoms with Crippen molar-refractivity contribution in [2.45, 2.75) is 31.7 Å². The number of rotatable bonds is 9. The number of guanidine groups is 1. The van der Waals surface area contributed by atoms with Crippen LogP contribution in [0.5, 0.6) is 5.75 Å². The molecule has 29 heavy (non-hydrogen) atoms. The van der Waals surface area contributed by atoms with Crippen molar-refractivity contribution in [1.29, 1.82) is 0 Å². The maximum absolute atomic E-state index is 12.3. The van der Waals surface area contributed by atoms with Crippen molar-refractivity contribution in [2.24, 2.45) is 4.99 Å². The van der Waals surface area contributed by atoms with Gasteiger partial charge in [-0.3, -0.25) is 14.7 Å². The Morgan fingerprint density at radius 3 is 2.69 bits per heavy atom. The second kappa shape index (κ2) is 13.6. The van der Waals surface area contributed by atoms with E-state index in [-0.39, 0.29) is 35.9 Å². The van der Waals surface area contributed by atoms with Crippen LogP contribution in [0.15, 0.2) is 29.3 Å². The predicted molar refractivity (Wildman–Crippen MR) is 129 cm³/mol. The van der Waals surface area contributed by atoms with E-state index in [9.17, 15) is 4.79 Å². The van der Waals surface area contributed by atoms with Crippen LogP contribution in [0.2, 0.25) is 0 Å². The van der Waals surface area contributed by atoms with Crippen LogP contribution in [0.1, 0.15) is 24.8 Å². The lowest BCUT2D eigenvalue weighted by Crippen LogP contribution is -2.44. The SMILES string of the molecule is CN=C(NCCCN1CCCC1C(=O)N(C)C)NCCc1ccccc1OC.I. The lowest BCUT2D eigenvalue weighted by molar-refractivity contribution is -0.133. The number of nitrogens with one attached hydrogen (secondary N) is 2. The fourth-order valence-corrected chi connectivity index (χ4v) is 3.61. The van der Waals surface area contributed by atoms with Gasteiger partial charge in [0.1, 0.15) is 5.75 Å². The van der Waals surface area contributed by atoms with E-state index in [0.29, 0.717) is 0 Å². The summed E-state index contributed by atoms with van der Waals surface area (Å²) >= 11 is 0. The number of carbonyl (C=O) groups is 1. The molecule has 2 rings (SSSR count). The number of para-hydroxylation sites is 1. The van der Waals surface area contributed by atoms with Gasteiger partial charge in [-0.25, -0.2) is 0 Å². The minimum atomic E-state index is 0. The molecule has 0 saturated carbocycles. The first kappa shape index (κ1) is 25.5. The van der Waals surface area contributed by atoms with Crippen LogP contribution >= 0.6 is 24.0 Å². The molecule has 1 aliphatic heterocycles. The van der Waals surface area contributed by atoms with E-state index in [2.05, 4.69) is 26.6 Å². The molecule has 7 nitrogen and oxygen atoms in total. The Morgan fingerprint density at radius 1 is 1.28 bits per heavy atom. The number of likely N-dealkylation sites (N-methyl/N-ethyl adjacent to an activating group) is 1.